The topological polar surface area (TPSA) is 126 Å². The van der Waals surface area contributed by atoms with Crippen LogP contribution in [0.3, 0.4) is 0 Å². The van der Waals surface area contributed by atoms with E-state index in [9.17, 15) is 13.2 Å². The maximum Gasteiger partial charge on any atom is 0.319 e. The van der Waals surface area contributed by atoms with Crippen LogP contribution in [0, 0.1) is 0 Å². The van der Waals surface area contributed by atoms with E-state index in [2.05, 4.69) is 22.5 Å². The molecule has 1 atom stereocenters. The summed E-state index contributed by atoms with van der Waals surface area (Å²) in [7, 11) is 0.385. The predicted octanol–water partition coefficient (Wildman–Crippen LogP) is 2.10. The molecule has 2 amide bonds. The molecule has 0 radical (unpaired) electrons. The van der Waals surface area contributed by atoms with Gasteiger partial charge in [-0.2, -0.15) is 0 Å². The number of benzene rings is 1. The van der Waals surface area contributed by atoms with E-state index in [-0.39, 0.29) is 12.1 Å². The first-order valence-electron chi connectivity index (χ1n) is 12.9. The van der Waals surface area contributed by atoms with Gasteiger partial charge in [0.05, 0.1) is 24.9 Å². The van der Waals surface area contributed by atoms with Crippen LogP contribution < -0.4 is 15.5 Å². The average molecular weight is 547 g/mol. The Morgan fingerprint density at radius 1 is 1.13 bits per heavy atom. The van der Waals surface area contributed by atoms with Crippen LogP contribution in [0.1, 0.15) is 25.5 Å². The van der Waals surface area contributed by atoms with Crippen molar-refractivity contribution >= 4 is 27.4 Å². The summed E-state index contributed by atoms with van der Waals surface area (Å²) in [5.74, 6) is 1.12. The molecule has 0 bridgehead atoms. The summed E-state index contributed by atoms with van der Waals surface area (Å²) in [6, 6.07) is 8.86. The van der Waals surface area contributed by atoms with E-state index >= 15 is 0 Å². The van der Waals surface area contributed by atoms with Gasteiger partial charge in [0.25, 0.3) is 0 Å². The number of carbonyl (C=O) groups is 1. The second-order valence-corrected chi connectivity index (χ2v) is 12.5. The molecule has 2 N–H and O–H groups in total. The lowest BCUT2D eigenvalue weighted by atomic mass is 9.94. The Kier molecular flexibility index (Phi) is 8.86. The molecule has 0 saturated carbocycles. The number of carbonyl (C=O) groups excluding carboxylic acids is 1. The highest BCUT2D eigenvalue weighted by atomic mass is 32.2. The summed E-state index contributed by atoms with van der Waals surface area (Å²) < 4.78 is 36.3. The molecule has 1 aromatic heterocycles. The summed E-state index contributed by atoms with van der Waals surface area (Å²) in [5.41, 5.74) is 1.85. The fourth-order valence-corrected chi connectivity index (χ4v) is 6.19. The number of anilines is 2. The van der Waals surface area contributed by atoms with Gasteiger partial charge in [-0.3, -0.25) is 0 Å². The van der Waals surface area contributed by atoms with Gasteiger partial charge in [0.2, 0.25) is 0 Å². The zero-order valence-electron chi connectivity index (χ0n) is 22.6. The number of urea groups is 1. The third kappa shape index (κ3) is 6.42. The monoisotopic (exact) mass is 546 g/mol. The third-order valence-electron chi connectivity index (χ3n) is 7.10. The van der Waals surface area contributed by atoms with Gasteiger partial charge in [-0.05, 0) is 58.1 Å². The standard InChI is InChI=1S/C26H38N6O5S/c1-19-18-37-16-13-32(19)23-17-22(26(38(4,34)35)9-14-36-15-10-26)29-24(30-23)20-5-7-21(8-6-20)28-25(33)27-11-12-31(2)3/h5-8,17,19H,9-16,18H2,1-4H3,(H2,27,28,33)/t19-/m0/s1. The van der Waals surface area contributed by atoms with Gasteiger partial charge in [-0.25, -0.2) is 23.2 Å². The van der Waals surface area contributed by atoms with Crippen molar-refractivity contribution in [2.75, 3.05) is 76.6 Å². The Balaban J connectivity index is 1.67. The summed E-state index contributed by atoms with van der Waals surface area (Å²) in [4.78, 5) is 26.0. The maximum absolute atomic E-state index is 13.2. The largest absolute Gasteiger partial charge is 0.381 e. The molecule has 12 heteroatoms. The van der Waals surface area contributed by atoms with Crippen molar-refractivity contribution < 1.29 is 22.7 Å². The van der Waals surface area contributed by atoms with E-state index in [0.29, 0.717) is 75.4 Å². The quantitative estimate of drug-likeness (QED) is 0.512. The van der Waals surface area contributed by atoms with Crippen LogP contribution >= 0.6 is 0 Å². The smallest absolute Gasteiger partial charge is 0.319 e. The minimum absolute atomic E-state index is 0.0841. The Bertz CT molecular complexity index is 1220. The normalized spacial score (nSPS) is 19.8. The number of rotatable bonds is 8. The maximum atomic E-state index is 13.2. The van der Waals surface area contributed by atoms with Gasteiger partial charge in [-0.15, -0.1) is 0 Å². The van der Waals surface area contributed by atoms with Gasteiger partial charge in [0, 0.05) is 56.4 Å². The lowest BCUT2D eigenvalue weighted by molar-refractivity contribution is 0.0731. The van der Waals surface area contributed by atoms with Crippen LogP contribution in [-0.4, -0.2) is 102 Å². The van der Waals surface area contributed by atoms with Crippen LogP contribution in [0.5, 0.6) is 0 Å². The van der Waals surface area contributed by atoms with Crippen LogP contribution in [0.15, 0.2) is 30.3 Å². The summed E-state index contributed by atoms with van der Waals surface area (Å²) >= 11 is 0. The predicted molar refractivity (Wildman–Crippen MR) is 147 cm³/mol. The molecule has 1 aromatic carbocycles. The van der Waals surface area contributed by atoms with Crippen LogP contribution in [0.4, 0.5) is 16.3 Å². The van der Waals surface area contributed by atoms with E-state index in [4.69, 9.17) is 19.4 Å². The number of nitrogens with zero attached hydrogens (tertiary/aromatic N) is 4. The van der Waals surface area contributed by atoms with Crippen LogP contribution in [0.25, 0.3) is 11.4 Å². The molecule has 0 unspecified atom stereocenters. The van der Waals surface area contributed by atoms with Crippen LogP contribution in [0.2, 0.25) is 0 Å². The number of sulfone groups is 1. The molecule has 38 heavy (non-hydrogen) atoms. The SMILES string of the molecule is C[C@H]1COCCN1c1cc(C2(S(C)(=O)=O)CCOCC2)nc(-c2ccc(NC(=O)NCCN(C)C)cc2)n1. The fraction of sp³-hybridized carbons (Fsp3) is 0.577. The van der Waals surface area contributed by atoms with Gasteiger partial charge in [0.1, 0.15) is 10.6 Å². The van der Waals surface area contributed by atoms with Crippen molar-refractivity contribution in [3.63, 3.8) is 0 Å². The molecule has 0 spiro atoms. The molecule has 11 nitrogen and oxygen atoms in total. The van der Waals surface area contributed by atoms with Crippen molar-refractivity contribution in [2.24, 2.45) is 0 Å². The molecule has 2 saturated heterocycles. The van der Waals surface area contributed by atoms with Gasteiger partial charge >= 0.3 is 6.03 Å². The van der Waals surface area contributed by atoms with E-state index in [0.717, 1.165) is 12.1 Å². The highest BCUT2D eigenvalue weighted by Crippen LogP contribution is 2.40. The van der Waals surface area contributed by atoms with Crippen molar-refractivity contribution in [3.05, 3.63) is 36.0 Å². The third-order valence-corrected chi connectivity index (χ3v) is 9.13. The second-order valence-electron chi connectivity index (χ2n) is 10.2. The number of amides is 2. The first-order chi connectivity index (χ1) is 18.1. The summed E-state index contributed by atoms with van der Waals surface area (Å²) in [6.07, 6.45) is 1.96. The number of hydrogen-bond donors (Lipinski definition) is 2. The molecule has 2 fully saturated rings. The Morgan fingerprint density at radius 2 is 1.84 bits per heavy atom. The Morgan fingerprint density at radius 3 is 2.47 bits per heavy atom. The minimum Gasteiger partial charge on any atom is -0.381 e. The number of ether oxygens (including phenoxy) is 2. The summed E-state index contributed by atoms with van der Waals surface area (Å²) in [5, 5.41) is 5.65. The molecule has 2 aliphatic heterocycles. The van der Waals surface area contributed by atoms with Crippen LogP contribution in [-0.2, 0) is 24.1 Å². The molecule has 2 aliphatic rings. The first kappa shape index (κ1) is 28.2. The van der Waals surface area contributed by atoms with E-state index in [1.165, 1.54) is 6.26 Å². The molecule has 0 aliphatic carbocycles. The highest BCUT2D eigenvalue weighted by molar-refractivity contribution is 7.91. The van der Waals surface area contributed by atoms with Gasteiger partial charge in [-0.1, -0.05) is 0 Å². The molecule has 208 valence electrons. The number of nitrogens with one attached hydrogen (secondary N) is 2. The zero-order valence-corrected chi connectivity index (χ0v) is 23.4. The summed E-state index contributed by atoms with van der Waals surface area (Å²) in [6.45, 7) is 5.83. The molecule has 3 heterocycles. The lowest BCUT2D eigenvalue weighted by Crippen LogP contribution is -2.45. The lowest BCUT2D eigenvalue weighted by Gasteiger charge is -2.37. The molecule has 4 rings (SSSR count). The van der Waals surface area contributed by atoms with E-state index in [1.54, 1.807) is 12.1 Å². The molecular formula is C26H38N6O5S. The number of likely N-dealkylation sites (N-methyl/N-ethyl adjacent to an activating group) is 1. The van der Waals surface area contributed by atoms with E-state index < -0.39 is 14.6 Å². The zero-order chi connectivity index (χ0) is 27.3. The van der Waals surface area contributed by atoms with Crippen molar-refractivity contribution in [3.8, 4) is 11.4 Å². The number of morpholine rings is 1. The molecular weight excluding hydrogens is 508 g/mol. The Labute approximate surface area is 224 Å². The van der Waals surface area contributed by atoms with Crippen molar-refractivity contribution in [1.29, 1.82) is 0 Å². The second kappa shape index (κ2) is 11.9. The average Bonchev–Trinajstić information content (AvgIpc) is 2.88. The van der Waals surface area contributed by atoms with Gasteiger partial charge < -0.3 is 29.9 Å². The van der Waals surface area contributed by atoms with Crippen molar-refractivity contribution in [1.82, 2.24) is 20.2 Å². The Hall–Kier alpha value is -2.80. The minimum atomic E-state index is -3.50. The fourth-order valence-electron chi connectivity index (χ4n) is 4.80. The van der Waals surface area contributed by atoms with Gasteiger partial charge in [0.15, 0.2) is 15.7 Å². The van der Waals surface area contributed by atoms with Crippen molar-refractivity contribution in [2.45, 2.75) is 30.6 Å². The molecule has 2 aromatic rings. The number of aromatic nitrogens is 2. The highest BCUT2D eigenvalue weighted by Gasteiger charge is 2.46. The first-order valence-corrected chi connectivity index (χ1v) is 14.8. The number of hydrogen-bond acceptors (Lipinski definition) is 9. The van der Waals surface area contributed by atoms with E-state index in [1.807, 2.05) is 37.2 Å².